The topological polar surface area (TPSA) is 69.8 Å². The second-order valence-corrected chi connectivity index (χ2v) is 6.55. The maximum atomic E-state index is 10.5. The summed E-state index contributed by atoms with van der Waals surface area (Å²) in [5.41, 5.74) is 1.72. The third-order valence-corrected chi connectivity index (χ3v) is 4.77. The molecule has 1 N–H and O–H groups in total. The molecular formula is C18H22N6O. The van der Waals surface area contributed by atoms with E-state index in [1.165, 1.54) is 0 Å². The molecule has 0 aliphatic carbocycles. The predicted molar refractivity (Wildman–Crippen MR) is 95.4 cm³/mol. The van der Waals surface area contributed by atoms with Gasteiger partial charge in [-0.3, -0.25) is 4.90 Å². The zero-order valence-corrected chi connectivity index (χ0v) is 14.2. The Bertz CT molecular complexity index is 836. The molecule has 130 valence electrons. The SMILES string of the molecule is C[C@@H]1CN(C[C@@H](O)c2ccccc2)CCN1c1ccc2nncn2n1. The first-order chi connectivity index (χ1) is 12.2. The largest absolute Gasteiger partial charge is 0.387 e. The molecule has 0 bridgehead atoms. The van der Waals surface area contributed by atoms with E-state index in [-0.39, 0.29) is 0 Å². The molecule has 2 aromatic heterocycles. The Morgan fingerprint density at radius 3 is 2.80 bits per heavy atom. The van der Waals surface area contributed by atoms with Crippen LogP contribution in [-0.4, -0.2) is 62.0 Å². The second-order valence-electron chi connectivity index (χ2n) is 6.55. The number of β-amino-alcohol motifs (C(OH)–C–C–N with tert-alkyl or cyclic N) is 1. The van der Waals surface area contributed by atoms with Crippen LogP contribution in [0.5, 0.6) is 0 Å². The number of rotatable bonds is 4. The van der Waals surface area contributed by atoms with Gasteiger partial charge in [-0.1, -0.05) is 30.3 Å². The minimum Gasteiger partial charge on any atom is -0.387 e. The Morgan fingerprint density at radius 1 is 1.16 bits per heavy atom. The van der Waals surface area contributed by atoms with Crippen molar-refractivity contribution >= 4 is 11.5 Å². The van der Waals surface area contributed by atoms with Gasteiger partial charge < -0.3 is 10.0 Å². The Hall–Kier alpha value is -2.51. The maximum Gasteiger partial charge on any atom is 0.177 e. The van der Waals surface area contributed by atoms with Gasteiger partial charge in [0.15, 0.2) is 5.65 Å². The number of benzene rings is 1. The predicted octanol–water partition coefficient (Wildman–Crippen LogP) is 1.37. The van der Waals surface area contributed by atoms with Crippen molar-refractivity contribution in [2.75, 3.05) is 31.1 Å². The van der Waals surface area contributed by atoms with Crippen LogP contribution in [0.25, 0.3) is 5.65 Å². The van der Waals surface area contributed by atoms with Crippen molar-refractivity contribution in [2.45, 2.75) is 19.1 Å². The molecule has 1 aliphatic rings. The number of hydrogen-bond acceptors (Lipinski definition) is 6. The molecule has 1 aromatic carbocycles. The third-order valence-electron chi connectivity index (χ3n) is 4.77. The van der Waals surface area contributed by atoms with Crippen molar-refractivity contribution in [1.29, 1.82) is 0 Å². The van der Waals surface area contributed by atoms with E-state index in [9.17, 15) is 5.11 Å². The van der Waals surface area contributed by atoms with Crippen LogP contribution in [0.2, 0.25) is 0 Å². The lowest BCUT2D eigenvalue weighted by Crippen LogP contribution is -2.53. The fraction of sp³-hybridized carbons (Fsp3) is 0.389. The van der Waals surface area contributed by atoms with E-state index in [2.05, 4.69) is 32.0 Å². The molecule has 0 amide bonds. The van der Waals surface area contributed by atoms with Crippen LogP contribution in [-0.2, 0) is 0 Å². The van der Waals surface area contributed by atoms with Gasteiger partial charge in [0.1, 0.15) is 12.1 Å². The molecule has 7 nitrogen and oxygen atoms in total. The molecule has 3 heterocycles. The van der Waals surface area contributed by atoms with E-state index in [0.29, 0.717) is 12.6 Å². The molecule has 3 aromatic rings. The molecule has 0 spiro atoms. The summed E-state index contributed by atoms with van der Waals surface area (Å²) in [5.74, 6) is 0.933. The minimum atomic E-state index is -0.452. The molecule has 0 saturated carbocycles. The summed E-state index contributed by atoms with van der Waals surface area (Å²) >= 11 is 0. The Labute approximate surface area is 146 Å². The average molecular weight is 338 g/mol. The van der Waals surface area contributed by atoms with Gasteiger partial charge in [0.2, 0.25) is 0 Å². The fourth-order valence-corrected chi connectivity index (χ4v) is 3.44. The van der Waals surface area contributed by atoms with Gasteiger partial charge in [-0.05, 0) is 24.6 Å². The number of hydrogen-bond donors (Lipinski definition) is 1. The second kappa shape index (κ2) is 6.78. The zero-order valence-electron chi connectivity index (χ0n) is 14.2. The van der Waals surface area contributed by atoms with Gasteiger partial charge in [-0.25, -0.2) is 0 Å². The molecular weight excluding hydrogens is 316 g/mol. The van der Waals surface area contributed by atoms with Gasteiger partial charge >= 0.3 is 0 Å². The summed E-state index contributed by atoms with van der Waals surface area (Å²) in [5, 5.41) is 22.9. The van der Waals surface area contributed by atoms with E-state index in [4.69, 9.17) is 0 Å². The van der Waals surface area contributed by atoms with Crippen LogP contribution in [0.4, 0.5) is 5.82 Å². The zero-order chi connectivity index (χ0) is 17.2. The number of aliphatic hydroxyl groups excluding tert-OH is 1. The van der Waals surface area contributed by atoms with Crippen LogP contribution in [0.15, 0.2) is 48.8 Å². The Kier molecular flexibility index (Phi) is 4.33. The lowest BCUT2D eigenvalue weighted by atomic mass is 10.1. The number of piperazine rings is 1. The van der Waals surface area contributed by atoms with Crippen LogP contribution >= 0.6 is 0 Å². The quantitative estimate of drug-likeness (QED) is 0.775. The number of fused-ring (bicyclic) bond motifs is 1. The molecule has 7 heteroatoms. The summed E-state index contributed by atoms with van der Waals surface area (Å²) in [7, 11) is 0. The van der Waals surface area contributed by atoms with Gasteiger partial charge in [0, 0.05) is 32.2 Å². The lowest BCUT2D eigenvalue weighted by molar-refractivity contribution is 0.102. The normalized spacial score (nSPS) is 20.1. The standard InChI is InChI=1S/C18H22N6O/c1-14-11-22(12-16(25)15-5-3-2-4-6-15)9-10-23(14)18-8-7-17-20-19-13-24(17)21-18/h2-8,13-14,16,25H,9-12H2,1H3/t14-,16-/m1/s1. The molecule has 1 aliphatic heterocycles. The number of aromatic nitrogens is 4. The van der Waals surface area contributed by atoms with Crippen LogP contribution < -0.4 is 4.90 Å². The van der Waals surface area contributed by atoms with Crippen molar-refractivity contribution in [3.63, 3.8) is 0 Å². The van der Waals surface area contributed by atoms with E-state index in [1.54, 1.807) is 10.8 Å². The highest BCUT2D eigenvalue weighted by molar-refractivity contribution is 5.46. The highest BCUT2D eigenvalue weighted by Gasteiger charge is 2.26. The van der Waals surface area contributed by atoms with Gasteiger partial charge in [0.25, 0.3) is 0 Å². The summed E-state index contributed by atoms with van der Waals surface area (Å²) < 4.78 is 1.70. The highest BCUT2D eigenvalue weighted by atomic mass is 16.3. The minimum absolute atomic E-state index is 0.318. The highest BCUT2D eigenvalue weighted by Crippen LogP contribution is 2.21. The first-order valence-electron chi connectivity index (χ1n) is 8.60. The number of aliphatic hydroxyl groups is 1. The van der Waals surface area contributed by atoms with Crippen LogP contribution in [0.3, 0.4) is 0 Å². The summed E-state index contributed by atoms with van der Waals surface area (Å²) in [6, 6.07) is 14.1. The third kappa shape index (κ3) is 3.33. The van der Waals surface area contributed by atoms with Crippen molar-refractivity contribution in [3.05, 3.63) is 54.4 Å². The first kappa shape index (κ1) is 16.0. The summed E-state index contributed by atoms with van der Waals surface area (Å²) in [6.45, 7) is 5.52. The van der Waals surface area contributed by atoms with E-state index < -0.39 is 6.10 Å². The van der Waals surface area contributed by atoms with Gasteiger partial charge in [0.05, 0.1) is 6.10 Å². The van der Waals surface area contributed by atoms with Crippen molar-refractivity contribution in [2.24, 2.45) is 0 Å². The molecule has 25 heavy (non-hydrogen) atoms. The number of nitrogens with zero attached hydrogens (tertiary/aromatic N) is 6. The molecule has 0 radical (unpaired) electrons. The fourth-order valence-electron chi connectivity index (χ4n) is 3.44. The summed E-state index contributed by atoms with van der Waals surface area (Å²) in [6.07, 6.45) is 1.17. The number of anilines is 1. The smallest absolute Gasteiger partial charge is 0.177 e. The maximum absolute atomic E-state index is 10.5. The lowest BCUT2D eigenvalue weighted by Gasteiger charge is -2.41. The van der Waals surface area contributed by atoms with Crippen molar-refractivity contribution in [1.82, 2.24) is 24.7 Å². The van der Waals surface area contributed by atoms with E-state index >= 15 is 0 Å². The molecule has 4 rings (SSSR count). The first-order valence-corrected chi connectivity index (χ1v) is 8.60. The molecule has 0 unspecified atom stereocenters. The average Bonchev–Trinajstić information content (AvgIpc) is 3.10. The van der Waals surface area contributed by atoms with Crippen LogP contribution in [0, 0.1) is 0 Å². The van der Waals surface area contributed by atoms with E-state index in [1.807, 2.05) is 42.5 Å². The van der Waals surface area contributed by atoms with Crippen molar-refractivity contribution < 1.29 is 5.11 Å². The van der Waals surface area contributed by atoms with Crippen molar-refractivity contribution in [3.8, 4) is 0 Å². The summed E-state index contributed by atoms with van der Waals surface area (Å²) in [4.78, 5) is 4.61. The Morgan fingerprint density at radius 2 is 2.00 bits per heavy atom. The Balaban J connectivity index is 1.41. The molecule has 2 atom stereocenters. The van der Waals surface area contributed by atoms with Gasteiger partial charge in [-0.2, -0.15) is 4.52 Å². The monoisotopic (exact) mass is 338 g/mol. The molecule has 1 fully saturated rings. The molecule has 1 saturated heterocycles. The van der Waals surface area contributed by atoms with Gasteiger partial charge in [-0.15, -0.1) is 15.3 Å². The van der Waals surface area contributed by atoms with E-state index in [0.717, 1.165) is 36.7 Å². The van der Waals surface area contributed by atoms with Crippen LogP contribution in [0.1, 0.15) is 18.6 Å².